The lowest BCUT2D eigenvalue weighted by atomic mass is 10.1. The second kappa shape index (κ2) is 5.29. The molecule has 90 valence electrons. The molecule has 0 aliphatic rings. The van der Waals surface area contributed by atoms with Gasteiger partial charge in [-0.1, -0.05) is 6.92 Å². The molecule has 0 aromatic rings. The Morgan fingerprint density at radius 1 is 1.53 bits per heavy atom. The van der Waals surface area contributed by atoms with Gasteiger partial charge in [0.15, 0.2) is 0 Å². The van der Waals surface area contributed by atoms with Gasteiger partial charge < -0.3 is 9.84 Å². The van der Waals surface area contributed by atoms with Crippen molar-refractivity contribution in [3.8, 4) is 0 Å². The first-order chi connectivity index (χ1) is 6.72. The number of ether oxygens (including phenoxy) is 1. The summed E-state index contributed by atoms with van der Waals surface area (Å²) < 4.78 is 30.0. The standard InChI is InChI=1S/C7H16N2O5S/c1-4-7(2,11)5-8-15(12,13)9-6(10)14-3/h8,11H,4-5H2,1-3H3,(H,9,10). The molecule has 15 heavy (non-hydrogen) atoms. The van der Waals surface area contributed by atoms with Crippen LogP contribution in [-0.4, -0.2) is 38.9 Å². The van der Waals surface area contributed by atoms with Crippen LogP contribution in [0.4, 0.5) is 4.79 Å². The largest absolute Gasteiger partial charge is 0.452 e. The monoisotopic (exact) mass is 240 g/mol. The van der Waals surface area contributed by atoms with Gasteiger partial charge in [-0.15, -0.1) is 0 Å². The number of aliphatic hydroxyl groups is 1. The highest BCUT2D eigenvalue weighted by molar-refractivity contribution is 7.88. The van der Waals surface area contributed by atoms with E-state index in [1.165, 1.54) is 6.92 Å². The maximum Gasteiger partial charge on any atom is 0.421 e. The molecule has 0 aliphatic carbocycles. The van der Waals surface area contributed by atoms with Crippen LogP contribution in [0.3, 0.4) is 0 Å². The van der Waals surface area contributed by atoms with E-state index >= 15 is 0 Å². The molecule has 0 fully saturated rings. The summed E-state index contributed by atoms with van der Waals surface area (Å²) in [7, 11) is -2.92. The van der Waals surface area contributed by atoms with Crippen LogP contribution in [0.25, 0.3) is 0 Å². The fourth-order valence-corrected chi connectivity index (χ4v) is 1.44. The van der Waals surface area contributed by atoms with Crippen molar-refractivity contribution in [3.05, 3.63) is 0 Å². The van der Waals surface area contributed by atoms with Crippen molar-refractivity contribution >= 4 is 16.3 Å². The lowest BCUT2D eigenvalue weighted by molar-refractivity contribution is 0.0612. The van der Waals surface area contributed by atoms with E-state index in [-0.39, 0.29) is 6.54 Å². The van der Waals surface area contributed by atoms with E-state index in [2.05, 4.69) is 4.74 Å². The summed E-state index contributed by atoms with van der Waals surface area (Å²) in [5, 5.41) is 9.51. The SMILES string of the molecule is CCC(C)(O)CNS(=O)(=O)NC(=O)OC. The van der Waals surface area contributed by atoms with Gasteiger partial charge in [0.1, 0.15) is 0 Å². The highest BCUT2D eigenvalue weighted by Gasteiger charge is 2.22. The summed E-state index contributed by atoms with van der Waals surface area (Å²) in [4.78, 5) is 10.6. The highest BCUT2D eigenvalue weighted by atomic mass is 32.2. The van der Waals surface area contributed by atoms with Crippen molar-refractivity contribution in [2.75, 3.05) is 13.7 Å². The van der Waals surface area contributed by atoms with Gasteiger partial charge in [0.05, 0.1) is 12.7 Å². The van der Waals surface area contributed by atoms with E-state index < -0.39 is 21.9 Å². The van der Waals surface area contributed by atoms with Crippen LogP contribution >= 0.6 is 0 Å². The lowest BCUT2D eigenvalue weighted by Crippen LogP contribution is -2.46. The van der Waals surface area contributed by atoms with Gasteiger partial charge in [-0.05, 0) is 13.3 Å². The minimum absolute atomic E-state index is 0.185. The maximum absolute atomic E-state index is 11.1. The Kier molecular flexibility index (Phi) is 4.98. The van der Waals surface area contributed by atoms with E-state index in [0.29, 0.717) is 6.42 Å². The maximum atomic E-state index is 11.1. The molecular formula is C7H16N2O5S. The van der Waals surface area contributed by atoms with E-state index in [1.807, 2.05) is 4.72 Å². The van der Waals surface area contributed by atoms with Gasteiger partial charge >= 0.3 is 16.3 Å². The summed E-state index contributed by atoms with van der Waals surface area (Å²) in [5.41, 5.74) is -1.15. The zero-order valence-corrected chi connectivity index (χ0v) is 9.72. The van der Waals surface area contributed by atoms with E-state index in [9.17, 15) is 18.3 Å². The summed E-state index contributed by atoms with van der Waals surface area (Å²) in [5.74, 6) is 0. The minimum atomic E-state index is -3.97. The molecule has 0 rings (SSSR count). The number of carbonyl (C=O) groups is 1. The van der Waals surface area contributed by atoms with Crippen LogP contribution in [-0.2, 0) is 14.9 Å². The predicted octanol–water partition coefficient (Wildman–Crippen LogP) is -0.662. The van der Waals surface area contributed by atoms with Crippen molar-refractivity contribution < 1.29 is 23.1 Å². The van der Waals surface area contributed by atoms with Crippen LogP contribution in [0.2, 0.25) is 0 Å². The minimum Gasteiger partial charge on any atom is -0.452 e. The average Bonchev–Trinajstić information content (AvgIpc) is 2.14. The Hall–Kier alpha value is -0.860. The van der Waals surface area contributed by atoms with Crippen LogP contribution in [0, 0.1) is 0 Å². The van der Waals surface area contributed by atoms with Crippen LogP contribution in [0.15, 0.2) is 0 Å². The van der Waals surface area contributed by atoms with Gasteiger partial charge in [0, 0.05) is 6.54 Å². The number of hydrogen-bond acceptors (Lipinski definition) is 5. The zero-order valence-electron chi connectivity index (χ0n) is 8.90. The summed E-state index contributed by atoms with van der Waals surface area (Å²) in [6.45, 7) is 3.01. The smallest absolute Gasteiger partial charge is 0.421 e. The Bertz CT molecular complexity index is 311. The first kappa shape index (κ1) is 14.1. The van der Waals surface area contributed by atoms with E-state index in [0.717, 1.165) is 7.11 Å². The van der Waals surface area contributed by atoms with E-state index in [4.69, 9.17) is 0 Å². The van der Waals surface area contributed by atoms with Crippen molar-refractivity contribution in [1.82, 2.24) is 9.44 Å². The average molecular weight is 240 g/mol. The number of carbonyl (C=O) groups excluding carboxylic acids is 1. The third-order valence-corrected chi connectivity index (χ3v) is 2.77. The van der Waals surface area contributed by atoms with Crippen molar-refractivity contribution in [2.24, 2.45) is 0 Å². The number of amides is 1. The molecule has 1 atom stereocenters. The molecule has 1 unspecified atom stereocenters. The zero-order chi connectivity index (χ0) is 12.1. The van der Waals surface area contributed by atoms with Crippen molar-refractivity contribution in [3.63, 3.8) is 0 Å². The molecule has 8 heteroatoms. The first-order valence-electron chi connectivity index (χ1n) is 4.30. The normalized spacial score (nSPS) is 15.5. The number of rotatable bonds is 5. The number of hydrogen-bond donors (Lipinski definition) is 3. The lowest BCUT2D eigenvalue weighted by Gasteiger charge is -2.21. The Morgan fingerprint density at radius 3 is 2.47 bits per heavy atom. The molecule has 0 heterocycles. The van der Waals surface area contributed by atoms with E-state index in [1.54, 1.807) is 11.6 Å². The molecular weight excluding hydrogens is 224 g/mol. The van der Waals surface area contributed by atoms with Crippen LogP contribution in [0.5, 0.6) is 0 Å². The predicted molar refractivity (Wildman–Crippen MR) is 53.4 cm³/mol. The topological polar surface area (TPSA) is 105 Å². The molecule has 0 aliphatic heterocycles. The second-order valence-corrected chi connectivity index (χ2v) is 4.77. The quantitative estimate of drug-likeness (QED) is 0.591. The second-order valence-electron chi connectivity index (χ2n) is 3.27. The first-order valence-corrected chi connectivity index (χ1v) is 5.78. The third-order valence-electron chi connectivity index (χ3n) is 1.81. The van der Waals surface area contributed by atoms with Gasteiger partial charge in [-0.2, -0.15) is 13.1 Å². The van der Waals surface area contributed by atoms with Crippen LogP contribution in [0.1, 0.15) is 20.3 Å². The fraction of sp³-hybridized carbons (Fsp3) is 0.857. The fourth-order valence-electron chi connectivity index (χ4n) is 0.563. The van der Waals surface area contributed by atoms with Gasteiger partial charge in [-0.3, -0.25) is 0 Å². The number of nitrogens with one attached hydrogen (secondary N) is 2. The molecule has 0 aromatic carbocycles. The Morgan fingerprint density at radius 2 is 2.07 bits per heavy atom. The molecule has 0 bridgehead atoms. The van der Waals surface area contributed by atoms with Crippen molar-refractivity contribution in [2.45, 2.75) is 25.9 Å². The summed E-state index contributed by atoms with van der Waals surface area (Å²) in [6.07, 6.45) is -0.702. The molecule has 0 saturated carbocycles. The molecule has 0 saturated heterocycles. The molecule has 0 spiro atoms. The Labute approximate surface area is 89.0 Å². The van der Waals surface area contributed by atoms with Crippen LogP contribution < -0.4 is 9.44 Å². The Balaban J connectivity index is 4.23. The molecule has 0 aromatic heterocycles. The number of methoxy groups -OCH3 is 1. The highest BCUT2D eigenvalue weighted by Crippen LogP contribution is 2.06. The van der Waals surface area contributed by atoms with Gasteiger partial charge in [0.2, 0.25) is 0 Å². The third kappa shape index (κ3) is 6.26. The molecule has 7 nitrogen and oxygen atoms in total. The molecule has 0 radical (unpaired) electrons. The summed E-state index contributed by atoms with van der Waals surface area (Å²) in [6, 6.07) is 0. The summed E-state index contributed by atoms with van der Waals surface area (Å²) >= 11 is 0. The van der Waals surface area contributed by atoms with Gasteiger partial charge in [-0.25, -0.2) is 9.52 Å². The van der Waals surface area contributed by atoms with Crippen molar-refractivity contribution in [1.29, 1.82) is 0 Å². The molecule has 3 N–H and O–H groups in total. The molecule has 1 amide bonds. The van der Waals surface area contributed by atoms with Gasteiger partial charge in [0.25, 0.3) is 0 Å².